The minimum absolute atomic E-state index is 0.110. The molecule has 0 aliphatic heterocycles. The van der Waals surface area contributed by atoms with Crippen LogP contribution in [0.2, 0.25) is 0 Å². The molecule has 1 atom stereocenters. The molecule has 0 aromatic heterocycles. The van der Waals surface area contributed by atoms with E-state index in [0.717, 1.165) is 109 Å². The van der Waals surface area contributed by atoms with Gasteiger partial charge in [0.1, 0.15) is 13.2 Å². The molecule has 0 heterocycles. The van der Waals surface area contributed by atoms with Gasteiger partial charge in [0.2, 0.25) is 0 Å². The Bertz CT molecular complexity index is 1580. The first-order valence-electron chi connectivity index (χ1n) is 29.8. The molecule has 412 valence electrons. The van der Waals surface area contributed by atoms with Crippen LogP contribution in [0, 0.1) is 0 Å². The lowest BCUT2D eigenvalue weighted by atomic mass is 10.1. The number of hydrogen-bond donors (Lipinski definition) is 0. The van der Waals surface area contributed by atoms with Crippen molar-refractivity contribution in [3.05, 3.63) is 134 Å². The van der Waals surface area contributed by atoms with E-state index in [-0.39, 0.29) is 37.5 Å². The van der Waals surface area contributed by atoms with E-state index in [0.29, 0.717) is 12.8 Å². The van der Waals surface area contributed by atoms with Crippen LogP contribution in [0.4, 0.5) is 0 Å². The van der Waals surface area contributed by atoms with E-state index in [1.807, 2.05) is 72.9 Å². The fourth-order valence-electron chi connectivity index (χ4n) is 7.89. The minimum Gasteiger partial charge on any atom is -0.462 e. The van der Waals surface area contributed by atoms with Crippen molar-refractivity contribution in [2.75, 3.05) is 13.2 Å². The number of hydrogen-bond acceptors (Lipinski definition) is 6. The van der Waals surface area contributed by atoms with E-state index in [9.17, 15) is 14.4 Å². The fourth-order valence-corrected chi connectivity index (χ4v) is 7.89. The van der Waals surface area contributed by atoms with E-state index in [1.54, 1.807) is 0 Å². The van der Waals surface area contributed by atoms with Gasteiger partial charge < -0.3 is 14.2 Å². The Morgan fingerprint density at radius 1 is 0.288 bits per heavy atom. The third kappa shape index (κ3) is 58.3. The summed E-state index contributed by atoms with van der Waals surface area (Å²) in [5, 5.41) is 0. The van der Waals surface area contributed by atoms with Crippen molar-refractivity contribution < 1.29 is 28.6 Å². The van der Waals surface area contributed by atoms with E-state index >= 15 is 0 Å². The van der Waals surface area contributed by atoms with E-state index in [4.69, 9.17) is 14.2 Å². The summed E-state index contributed by atoms with van der Waals surface area (Å²) < 4.78 is 16.8. The molecule has 0 aromatic carbocycles. The topological polar surface area (TPSA) is 78.9 Å². The van der Waals surface area contributed by atoms with Crippen LogP contribution in [0.5, 0.6) is 0 Å². The number of allylic oxidation sites excluding steroid dienone is 22. The summed E-state index contributed by atoms with van der Waals surface area (Å²) in [6, 6.07) is 0. The monoisotopic (exact) mass is 1010 g/mol. The second-order valence-electron chi connectivity index (χ2n) is 19.4. The molecule has 1 unspecified atom stereocenters. The molecule has 0 saturated heterocycles. The summed E-state index contributed by atoms with van der Waals surface area (Å²) >= 11 is 0. The molecule has 0 aromatic rings. The second kappa shape index (κ2) is 60.1. The number of rotatable bonds is 52. The van der Waals surface area contributed by atoms with Crippen molar-refractivity contribution in [3.8, 4) is 0 Å². The highest BCUT2D eigenvalue weighted by molar-refractivity contribution is 5.71. The van der Waals surface area contributed by atoms with E-state index in [2.05, 4.69) is 81.5 Å². The molecule has 6 heteroatoms. The molecule has 73 heavy (non-hydrogen) atoms. The third-order valence-electron chi connectivity index (χ3n) is 12.4. The lowest BCUT2D eigenvalue weighted by Gasteiger charge is -2.18. The van der Waals surface area contributed by atoms with E-state index < -0.39 is 6.10 Å². The fraction of sp³-hybridized carbons (Fsp3) is 0.627. The summed E-state index contributed by atoms with van der Waals surface area (Å²) in [6.07, 6.45) is 84.3. The Kier molecular flexibility index (Phi) is 56.4. The third-order valence-corrected chi connectivity index (χ3v) is 12.4. The number of esters is 3. The Labute approximate surface area is 449 Å². The molecule has 0 aliphatic rings. The zero-order chi connectivity index (χ0) is 52.9. The SMILES string of the molecule is CC\C=C/C=C\C=C/C=C\C=C\C=C/C=C\CCCCCC(=O)OCC(COC(=O)CCCCCCC/C=C\CCCCCCCCCCC)OC(=O)CCCCCCC\C=C/C=C\C=C/CCCCCCC. The van der Waals surface area contributed by atoms with Crippen molar-refractivity contribution in [1.29, 1.82) is 0 Å². The maximum Gasteiger partial charge on any atom is 0.306 e. The Morgan fingerprint density at radius 3 is 0.890 bits per heavy atom. The van der Waals surface area contributed by atoms with Gasteiger partial charge in [0.25, 0.3) is 0 Å². The number of unbranched alkanes of at least 4 members (excludes halogenated alkanes) is 27. The first-order chi connectivity index (χ1) is 36.0. The van der Waals surface area contributed by atoms with Crippen LogP contribution in [0.15, 0.2) is 134 Å². The normalized spacial score (nSPS) is 13.1. The molecular weight excluding hydrogens is 901 g/mol. The maximum absolute atomic E-state index is 12.9. The first kappa shape index (κ1) is 68.6. The molecule has 0 spiro atoms. The van der Waals surface area contributed by atoms with Gasteiger partial charge in [-0.25, -0.2) is 0 Å². The van der Waals surface area contributed by atoms with Crippen LogP contribution in [0.25, 0.3) is 0 Å². The predicted molar refractivity (Wildman–Crippen MR) is 316 cm³/mol. The molecule has 0 aliphatic carbocycles. The Morgan fingerprint density at radius 2 is 0.548 bits per heavy atom. The van der Waals surface area contributed by atoms with Gasteiger partial charge in [0, 0.05) is 19.3 Å². The summed E-state index contributed by atoms with van der Waals surface area (Å²) in [6.45, 7) is 6.42. The van der Waals surface area contributed by atoms with Crippen LogP contribution in [-0.4, -0.2) is 37.2 Å². The maximum atomic E-state index is 12.9. The number of ether oxygens (including phenoxy) is 3. The van der Waals surface area contributed by atoms with Gasteiger partial charge in [-0.3, -0.25) is 14.4 Å². The van der Waals surface area contributed by atoms with Gasteiger partial charge in [-0.1, -0.05) is 276 Å². The molecule has 6 nitrogen and oxygen atoms in total. The summed E-state index contributed by atoms with van der Waals surface area (Å²) in [7, 11) is 0. The molecular formula is C67H108O6. The lowest BCUT2D eigenvalue weighted by Crippen LogP contribution is -2.30. The van der Waals surface area contributed by atoms with Crippen LogP contribution in [0.1, 0.15) is 252 Å². The zero-order valence-corrected chi connectivity index (χ0v) is 47.1. The lowest BCUT2D eigenvalue weighted by molar-refractivity contribution is -0.167. The van der Waals surface area contributed by atoms with E-state index in [1.165, 1.54) is 103 Å². The molecule has 0 amide bonds. The average molecular weight is 1010 g/mol. The van der Waals surface area contributed by atoms with Crippen molar-refractivity contribution in [2.45, 2.75) is 258 Å². The van der Waals surface area contributed by atoms with Crippen LogP contribution >= 0.6 is 0 Å². The van der Waals surface area contributed by atoms with Gasteiger partial charge in [0.15, 0.2) is 6.10 Å². The minimum atomic E-state index is -0.818. The first-order valence-corrected chi connectivity index (χ1v) is 29.8. The van der Waals surface area contributed by atoms with Crippen LogP contribution in [0.3, 0.4) is 0 Å². The summed E-state index contributed by atoms with van der Waals surface area (Å²) in [5.74, 6) is -0.985. The molecule has 0 saturated carbocycles. The smallest absolute Gasteiger partial charge is 0.306 e. The van der Waals surface area contributed by atoms with Gasteiger partial charge in [-0.15, -0.1) is 0 Å². The highest BCUT2D eigenvalue weighted by Gasteiger charge is 2.19. The Balaban J connectivity index is 4.56. The average Bonchev–Trinajstić information content (AvgIpc) is 3.39. The van der Waals surface area contributed by atoms with Crippen LogP contribution < -0.4 is 0 Å². The van der Waals surface area contributed by atoms with Crippen molar-refractivity contribution in [3.63, 3.8) is 0 Å². The molecule has 0 N–H and O–H groups in total. The van der Waals surface area contributed by atoms with Gasteiger partial charge in [0.05, 0.1) is 0 Å². The highest BCUT2D eigenvalue weighted by Crippen LogP contribution is 2.14. The Hall–Kier alpha value is -4.45. The quantitative estimate of drug-likeness (QED) is 0.0199. The largest absolute Gasteiger partial charge is 0.462 e. The number of carbonyl (C=O) groups excluding carboxylic acids is 3. The highest BCUT2D eigenvalue weighted by atomic mass is 16.6. The molecule has 0 fully saturated rings. The van der Waals surface area contributed by atoms with Crippen molar-refractivity contribution in [1.82, 2.24) is 0 Å². The number of carbonyl (C=O) groups is 3. The van der Waals surface area contributed by atoms with Crippen molar-refractivity contribution >= 4 is 17.9 Å². The van der Waals surface area contributed by atoms with Gasteiger partial charge >= 0.3 is 17.9 Å². The summed E-state index contributed by atoms with van der Waals surface area (Å²) in [5.41, 5.74) is 0. The van der Waals surface area contributed by atoms with Gasteiger partial charge in [-0.05, 0) is 89.9 Å². The standard InChI is InChI=1S/C67H108O6/c1-4-7-10-13-16-19-22-25-28-31-34-37-39-42-45-48-51-54-57-60-66(69)72-63-64(73-67(70)61-58-55-52-49-46-43-40-36-33-30-27-24-21-18-15-12-9-6-3)62-71-65(68)59-56-53-50-47-44-41-38-35-32-29-26-23-20-17-14-11-8-5-2/h7,10,13,16,19,22,24-25,27-28,30-31,33-40,42,45,64H,4-6,8-9,11-12,14-15,17-18,20-21,23,26,29,32,41,43-44,46-63H2,1-3H3/b10-7-,16-13-,22-19-,27-24-,28-25-,33-30-,34-31+,38-35-,39-37-,40-36-,45-42-. The zero-order valence-electron chi connectivity index (χ0n) is 47.1. The van der Waals surface area contributed by atoms with Crippen molar-refractivity contribution in [2.24, 2.45) is 0 Å². The molecule has 0 radical (unpaired) electrons. The van der Waals surface area contributed by atoms with Gasteiger partial charge in [-0.2, -0.15) is 0 Å². The molecule has 0 bridgehead atoms. The van der Waals surface area contributed by atoms with Crippen LogP contribution in [-0.2, 0) is 28.6 Å². The second-order valence-corrected chi connectivity index (χ2v) is 19.4. The predicted octanol–water partition coefficient (Wildman–Crippen LogP) is 20.2. The molecule has 0 rings (SSSR count). The summed E-state index contributed by atoms with van der Waals surface area (Å²) in [4.78, 5) is 38.2.